The number of nitrogens with zero attached hydrogens (tertiary/aromatic N) is 1. The number of rotatable bonds is 9. The van der Waals surface area contributed by atoms with Gasteiger partial charge in [-0.1, -0.05) is 0 Å². The summed E-state index contributed by atoms with van der Waals surface area (Å²) < 4.78 is 45.9. The van der Waals surface area contributed by atoms with Crippen LogP contribution in [0, 0.1) is 5.82 Å². The Bertz CT molecular complexity index is 697. The zero-order valence-corrected chi connectivity index (χ0v) is 16.3. The van der Waals surface area contributed by atoms with Gasteiger partial charge in [-0.25, -0.2) is 17.5 Å². The molecule has 26 heavy (non-hydrogen) atoms. The molecule has 0 spiro atoms. The Morgan fingerprint density at radius 2 is 1.92 bits per heavy atom. The van der Waals surface area contributed by atoms with Crippen LogP contribution >= 0.6 is 12.4 Å². The third-order valence-electron chi connectivity index (χ3n) is 3.95. The zero-order chi connectivity index (χ0) is 18.3. The van der Waals surface area contributed by atoms with Gasteiger partial charge in [-0.05, 0) is 31.0 Å². The van der Waals surface area contributed by atoms with Crippen molar-refractivity contribution in [2.75, 3.05) is 46.4 Å². The van der Waals surface area contributed by atoms with Gasteiger partial charge in [0.1, 0.15) is 5.82 Å². The summed E-state index contributed by atoms with van der Waals surface area (Å²) in [6, 6.07) is 3.39. The summed E-state index contributed by atoms with van der Waals surface area (Å²) in [7, 11) is -2.24. The fourth-order valence-electron chi connectivity index (χ4n) is 2.58. The number of carbonyl (C=O) groups excluding carboxylic acids is 1. The first kappa shape index (κ1) is 22.8. The Balaban J connectivity index is 0.00000338. The van der Waals surface area contributed by atoms with Crippen molar-refractivity contribution >= 4 is 28.3 Å². The molecule has 0 unspecified atom stereocenters. The Hall–Kier alpha value is -1.26. The van der Waals surface area contributed by atoms with E-state index in [2.05, 4.69) is 10.0 Å². The van der Waals surface area contributed by atoms with Gasteiger partial charge in [-0.3, -0.25) is 4.79 Å². The van der Waals surface area contributed by atoms with Gasteiger partial charge in [-0.15, -0.1) is 12.4 Å². The third-order valence-corrected chi connectivity index (χ3v) is 5.41. The zero-order valence-electron chi connectivity index (χ0n) is 14.7. The summed E-state index contributed by atoms with van der Waals surface area (Å²) in [6.07, 6.45) is 1.81. The third kappa shape index (κ3) is 6.17. The molecule has 1 saturated heterocycles. The maximum atomic E-state index is 14.2. The minimum absolute atomic E-state index is 0. The molecule has 0 aliphatic carbocycles. The lowest BCUT2D eigenvalue weighted by Crippen LogP contribution is -2.33. The first-order valence-corrected chi connectivity index (χ1v) is 9.72. The fourth-order valence-corrected chi connectivity index (χ4v) is 3.63. The number of sulfonamides is 1. The van der Waals surface area contributed by atoms with E-state index in [1.54, 1.807) is 12.0 Å². The number of amides is 1. The van der Waals surface area contributed by atoms with Crippen molar-refractivity contribution in [3.8, 4) is 0 Å². The van der Waals surface area contributed by atoms with Crippen molar-refractivity contribution in [1.29, 1.82) is 0 Å². The molecule has 0 aromatic heterocycles. The standard InChI is InChI=1S/C16H24FN3O4S.ClH/c1-24-11-8-18-6-7-19-25(22,23)13-4-5-14(15(17)12-13)16(21)20-9-2-3-10-20;/h4-5,12,18-19H,2-3,6-11H2,1H3;1H. The summed E-state index contributed by atoms with van der Waals surface area (Å²) in [6.45, 7) is 2.95. The minimum atomic E-state index is -3.82. The van der Waals surface area contributed by atoms with Gasteiger partial charge in [0.25, 0.3) is 5.91 Å². The molecule has 0 bridgehead atoms. The molecule has 1 fully saturated rings. The topological polar surface area (TPSA) is 87.7 Å². The van der Waals surface area contributed by atoms with Crippen molar-refractivity contribution < 1.29 is 22.3 Å². The van der Waals surface area contributed by atoms with Crippen LogP contribution in [-0.4, -0.2) is 65.7 Å². The molecule has 1 amide bonds. The number of ether oxygens (including phenoxy) is 1. The predicted octanol–water partition coefficient (Wildman–Crippen LogP) is 0.998. The number of benzene rings is 1. The second-order valence-electron chi connectivity index (χ2n) is 5.78. The lowest BCUT2D eigenvalue weighted by atomic mass is 10.2. The number of methoxy groups -OCH3 is 1. The maximum Gasteiger partial charge on any atom is 0.256 e. The monoisotopic (exact) mass is 409 g/mol. The normalized spacial score (nSPS) is 14.3. The average molecular weight is 410 g/mol. The number of nitrogens with one attached hydrogen (secondary N) is 2. The van der Waals surface area contributed by atoms with E-state index in [0.29, 0.717) is 32.8 Å². The molecule has 0 saturated carbocycles. The summed E-state index contributed by atoms with van der Waals surface area (Å²) in [5.74, 6) is -1.22. The first-order chi connectivity index (χ1) is 12.0. The lowest BCUT2D eigenvalue weighted by Gasteiger charge is -2.16. The Labute approximate surface area is 159 Å². The van der Waals surface area contributed by atoms with Crippen LogP contribution < -0.4 is 10.0 Å². The number of carbonyl (C=O) groups is 1. The summed E-state index contributed by atoms with van der Waals surface area (Å²) in [5, 5.41) is 3.00. The molecule has 1 aromatic rings. The number of hydrogen-bond donors (Lipinski definition) is 2. The highest BCUT2D eigenvalue weighted by atomic mass is 35.5. The van der Waals surface area contributed by atoms with Crippen LogP contribution in [0.4, 0.5) is 4.39 Å². The molecule has 148 valence electrons. The molecule has 1 aromatic carbocycles. The van der Waals surface area contributed by atoms with Crippen molar-refractivity contribution in [3.05, 3.63) is 29.6 Å². The second-order valence-corrected chi connectivity index (χ2v) is 7.55. The van der Waals surface area contributed by atoms with E-state index in [4.69, 9.17) is 4.74 Å². The Kier molecular flexibility index (Phi) is 9.45. The average Bonchev–Trinajstić information content (AvgIpc) is 3.12. The van der Waals surface area contributed by atoms with Gasteiger partial charge in [-0.2, -0.15) is 0 Å². The highest BCUT2D eigenvalue weighted by Gasteiger charge is 2.24. The van der Waals surface area contributed by atoms with Crippen LogP contribution in [0.15, 0.2) is 23.1 Å². The molecule has 2 rings (SSSR count). The second kappa shape index (κ2) is 10.8. The van der Waals surface area contributed by atoms with E-state index in [1.807, 2.05) is 0 Å². The Morgan fingerprint density at radius 3 is 2.54 bits per heavy atom. The van der Waals surface area contributed by atoms with Gasteiger partial charge < -0.3 is 15.0 Å². The molecule has 7 nitrogen and oxygen atoms in total. The van der Waals surface area contributed by atoms with E-state index in [0.717, 1.165) is 18.9 Å². The van der Waals surface area contributed by atoms with Crippen molar-refractivity contribution in [3.63, 3.8) is 0 Å². The highest BCUT2D eigenvalue weighted by molar-refractivity contribution is 7.89. The predicted molar refractivity (Wildman–Crippen MR) is 98.7 cm³/mol. The molecule has 0 atom stereocenters. The van der Waals surface area contributed by atoms with Crippen LogP contribution in [0.2, 0.25) is 0 Å². The first-order valence-electron chi connectivity index (χ1n) is 8.24. The molecule has 2 N–H and O–H groups in total. The van der Waals surface area contributed by atoms with E-state index in [9.17, 15) is 17.6 Å². The van der Waals surface area contributed by atoms with Crippen LogP contribution in [0.5, 0.6) is 0 Å². The van der Waals surface area contributed by atoms with E-state index in [-0.39, 0.29) is 29.4 Å². The molecule has 1 heterocycles. The summed E-state index contributed by atoms with van der Waals surface area (Å²) in [5.41, 5.74) is -0.0953. The van der Waals surface area contributed by atoms with Gasteiger partial charge in [0, 0.05) is 39.8 Å². The molecular weight excluding hydrogens is 385 g/mol. The largest absolute Gasteiger partial charge is 0.383 e. The van der Waals surface area contributed by atoms with E-state index in [1.165, 1.54) is 12.1 Å². The number of halogens is 2. The van der Waals surface area contributed by atoms with Crippen molar-refractivity contribution in [1.82, 2.24) is 14.9 Å². The van der Waals surface area contributed by atoms with Crippen LogP contribution in [0.25, 0.3) is 0 Å². The molecule has 1 aliphatic heterocycles. The van der Waals surface area contributed by atoms with Gasteiger partial charge in [0.2, 0.25) is 10.0 Å². The summed E-state index contributed by atoms with van der Waals surface area (Å²) in [4.78, 5) is 13.6. The van der Waals surface area contributed by atoms with Gasteiger partial charge in [0.05, 0.1) is 17.1 Å². The summed E-state index contributed by atoms with van der Waals surface area (Å²) >= 11 is 0. The SMILES string of the molecule is COCCNCCNS(=O)(=O)c1ccc(C(=O)N2CCCC2)c(F)c1.Cl. The van der Waals surface area contributed by atoms with Crippen LogP contribution in [-0.2, 0) is 14.8 Å². The number of hydrogen-bond acceptors (Lipinski definition) is 5. The number of likely N-dealkylation sites (tertiary alicyclic amines) is 1. The molecule has 1 aliphatic rings. The maximum absolute atomic E-state index is 14.2. The Morgan fingerprint density at radius 1 is 1.23 bits per heavy atom. The minimum Gasteiger partial charge on any atom is -0.383 e. The van der Waals surface area contributed by atoms with E-state index < -0.39 is 21.7 Å². The van der Waals surface area contributed by atoms with Gasteiger partial charge in [0.15, 0.2) is 0 Å². The lowest BCUT2D eigenvalue weighted by molar-refractivity contribution is 0.0788. The quantitative estimate of drug-likeness (QED) is 0.594. The molecule has 0 radical (unpaired) electrons. The van der Waals surface area contributed by atoms with Crippen molar-refractivity contribution in [2.45, 2.75) is 17.7 Å². The smallest absolute Gasteiger partial charge is 0.256 e. The van der Waals surface area contributed by atoms with Crippen molar-refractivity contribution in [2.24, 2.45) is 0 Å². The molecule has 10 heteroatoms. The van der Waals surface area contributed by atoms with Crippen LogP contribution in [0.3, 0.4) is 0 Å². The van der Waals surface area contributed by atoms with Gasteiger partial charge >= 0.3 is 0 Å². The van der Waals surface area contributed by atoms with E-state index >= 15 is 0 Å². The van der Waals surface area contributed by atoms with Crippen LogP contribution in [0.1, 0.15) is 23.2 Å². The highest BCUT2D eigenvalue weighted by Crippen LogP contribution is 2.19. The fraction of sp³-hybridized carbons (Fsp3) is 0.562. The molecular formula is C16H25ClFN3O4S.